The van der Waals surface area contributed by atoms with Gasteiger partial charge in [-0.1, -0.05) is 0 Å². The van der Waals surface area contributed by atoms with Crippen molar-refractivity contribution < 1.29 is 114 Å². The van der Waals surface area contributed by atoms with Crippen LogP contribution in [0.15, 0.2) is 0 Å². The third-order valence-corrected chi connectivity index (χ3v) is 0. The van der Waals surface area contributed by atoms with Gasteiger partial charge < -0.3 is 25.3 Å². The first-order chi connectivity index (χ1) is 3.46. The van der Waals surface area contributed by atoms with E-state index >= 15 is 0 Å². The quantitative estimate of drug-likeness (QED) is 0.364. The molecule has 1 N–H and O–H groups in total. The summed E-state index contributed by atoms with van der Waals surface area (Å²) in [6.07, 6.45) is 0. The van der Waals surface area contributed by atoms with Crippen molar-refractivity contribution in [2.45, 2.75) is 13.8 Å². The number of carboxylic acids is 2. The molecule has 8 heteroatoms. The normalized spacial score (nSPS) is 4.17. The smallest absolute Gasteiger partial charge is 0.870 e. The maximum atomic E-state index is 8.89. The Morgan fingerprint density at radius 3 is 0.833 bits per heavy atom. The predicted octanol–water partition coefficient (Wildman–Crippen LogP) is -11.7. The van der Waals surface area contributed by atoms with Crippen molar-refractivity contribution in [2.24, 2.45) is 0 Å². The second kappa shape index (κ2) is 29.3. The van der Waals surface area contributed by atoms with E-state index < -0.39 is 11.9 Å². The number of carbonyl (C=O) groups is 2. The molecule has 0 aliphatic rings. The van der Waals surface area contributed by atoms with Crippen LogP contribution in [0, 0.1) is 0 Å². The van der Waals surface area contributed by atoms with Crippen LogP contribution in [0.5, 0.6) is 0 Å². The molecule has 0 aromatic rings. The Morgan fingerprint density at radius 2 is 0.833 bits per heavy atom. The number of carboxylic acid groups (broad SMARTS) is 2. The minimum atomic E-state index is -1.08. The van der Waals surface area contributed by atoms with Crippen LogP contribution >= 0.6 is 0 Å². The van der Waals surface area contributed by atoms with Gasteiger partial charge in [0.15, 0.2) is 0 Å². The summed E-state index contributed by atoms with van der Waals surface area (Å²) in [7, 11) is 0. The van der Waals surface area contributed by atoms with Crippen LogP contribution in [0.3, 0.4) is 0 Å². The van der Waals surface area contributed by atoms with Gasteiger partial charge in [0.05, 0.1) is 0 Å². The molecule has 0 saturated carbocycles. The molecule has 0 aromatic heterocycles. The van der Waals surface area contributed by atoms with E-state index in [-0.39, 0.29) is 94.1 Å². The van der Waals surface area contributed by atoms with E-state index in [1.54, 1.807) is 0 Å². The molecule has 0 aromatic carbocycles. The van der Waals surface area contributed by atoms with Crippen molar-refractivity contribution in [2.75, 3.05) is 0 Å². The van der Waals surface area contributed by atoms with E-state index in [9.17, 15) is 0 Å². The Bertz CT molecular complexity index is 76.7. The first kappa shape index (κ1) is 37.1. The van der Waals surface area contributed by atoms with Gasteiger partial charge in [-0.3, -0.25) is 0 Å². The zero-order valence-corrected chi connectivity index (χ0v) is 14.1. The molecule has 0 unspecified atom stereocenters. The molecule has 0 saturated heterocycles. The minimum Gasteiger partial charge on any atom is -0.870 e. The van der Waals surface area contributed by atoms with E-state index in [1.807, 2.05) is 0 Å². The van der Waals surface area contributed by atoms with Crippen molar-refractivity contribution in [1.29, 1.82) is 0 Å². The van der Waals surface area contributed by atoms with Crippen LogP contribution in [0.4, 0.5) is 0 Å². The van der Waals surface area contributed by atoms with Crippen LogP contribution in [0.2, 0.25) is 0 Å². The van der Waals surface area contributed by atoms with E-state index in [2.05, 4.69) is 0 Å². The summed E-state index contributed by atoms with van der Waals surface area (Å²) < 4.78 is 0. The molecule has 0 atom stereocenters. The zero-order valence-electron chi connectivity index (χ0n) is 8.08. The number of hydrogen-bond acceptors (Lipinski definition) is 5. The summed E-state index contributed by atoms with van der Waals surface area (Å²) in [6.45, 7) is 1.94. The summed E-state index contributed by atoms with van der Waals surface area (Å²) in [4.78, 5) is 17.8. The van der Waals surface area contributed by atoms with Gasteiger partial charge in [0.2, 0.25) is 0 Å². The predicted molar refractivity (Wildman–Crippen MR) is 23.3 cm³/mol. The molecule has 0 rings (SSSR count). The van der Waals surface area contributed by atoms with Crippen LogP contribution in [0.1, 0.15) is 13.8 Å². The van der Waals surface area contributed by atoms with Crippen LogP contribution in [-0.2, 0) is 9.59 Å². The Labute approximate surface area is 137 Å². The van der Waals surface area contributed by atoms with Gasteiger partial charge >= 0.3 is 88.7 Å². The summed E-state index contributed by atoms with van der Waals surface area (Å²) in [5, 5.41) is 17.8. The van der Waals surface area contributed by atoms with Gasteiger partial charge in [0.25, 0.3) is 0 Å². The Morgan fingerprint density at radius 1 is 0.833 bits per heavy atom. The van der Waals surface area contributed by atoms with Crippen molar-refractivity contribution in [3.63, 3.8) is 0 Å². The van der Waals surface area contributed by atoms with E-state index in [4.69, 9.17) is 19.8 Å². The molecular weight excluding hydrogens is 197 g/mol. The fraction of sp³-hybridized carbons (Fsp3) is 0.500. The number of hydrogen-bond donors (Lipinski definition) is 0. The second-order valence-corrected chi connectivity index (χ2v) is 0.983. The summed E-state index contributed by atoms with van der Waals surface area (Å²) in [5.41, 5.74) is 0. The van der Waals surface area contributed by atoms with E-state index in [1.165, 1.54) is 0 Å². The molecule has 0 aliphatic heterocycles. The Hall–Kier alpha value is 1.90. The van der Waals surface area contributed by atoms with Crippen molar-refractivity contribution in [3.8, 4) is 0 Å². The van der Waals surface area contributed by atoms with Gasteiger partial charge in [-0.05, 0) is 13.8 Å². The minimum absolute atomic E-state index is 0. The zero-order chi connectivity index (χ0) is 7.15. The van der Waals surface area contributed by atoms with Crippen molar-refractivity contribution in [3.05, 3.63) is 0 Å². The van der Waals surface area contributed by atoms with Gasteiger partial charge in [-0.25, -0.2) is 0 Å². The fourth-order valence-electron chi connectivity index (χ4n) is 0. The SMILES string of the molecule is CC(=O)[O-].CC(=O)[O-].[Na+].[Na+].[Na+].[OH-]. The molecule has 0 radical (unpaired) electrons. The van der Waals surface area contributed by atoms with Crippen LogP contribution in [-0.4, -0.2) is 17.4 Å². The first-order valence-corrected chi connectivity index (χ1v) is 1.82. The van der Waals surface area contributed by atoms with E-state index in [0.29, 0.717) is 0 Å². The number of aliphatic carboxylic acids is 2. The average molecular weight is 204 g/mol. The molecule has 0 fully saturated rings. The third-order valence-electron chi connectivity index (χ3n) is 0. The fourth-order valence-corrected chi connectivity index (χ4v) is 0. The molecule has 56 valence electrons. The molecule has 12 heavy (non-hydrogen) atoms. The standard InChI is InChI=1S/2C2H4O2.3Na.H2O/c2*1-2(3)4;;;;/h2*1H3,(H,3,4);;;;1H2/q;;3*+1;/p-3. The molecular formula is C4H7Na3O5. The second-order valence-electron chi connectivity index (χ2n) is 0.983. The number of rotatable bonds is 0. The number of carbonyl (C=O) groups excluding carboxylic acids is 2. The molecule has 5 nitrogen and oxygen atoms in total. The maximum Gasteiger partial charge on any atom is 1.00 e. The van der Waals surface area contributed by atoms with Gasteiger partial charge in [0, 0.05) is 11.9 Å². The molecule has 0 heterocycles. The van der Waals surface area contributed by atoms with Gasteiger partial charge in [-0.15, -0.1) is 0 Å². The van der Waals surface area contributed by atoms with Crippen LogP contribution in [0.25, 0.3) is 0 Å². The monoisotopic (exact) mass is 204 g/mol. The average Bonchev–Trinajstić information content (AvgIpc) is 1.25. The largest absolute Gasteiger partial charge is 1.00 e. The van der Waals surface area contributed by atoms with Gasteiger partial charge in [-0.2, -0.15) is 0 Å². The van der Waals surface area contributed by atoms with E-state index in [0.717, 1.165) is 13.8 Å². The summed E-state index contributed by atoms with van der Waals surface area (Å²) >= 11 is 0. The van der Waals surface area contributed by atoms with Crippen molar-refractivity contribution >= 4 is 11.9 Å². The Balaban J connectivity index is -0.0000000112. The molecule has 0 aliphatic carbocycles. The maximum absolute atomic E-state index is 8.89. The Kier molecular flexibility index (Phi) is 90.4. The summed E-state index contributed by atoms with van der Waals surface area (Å²) in [5.74, 6) is -2.17. The molecule has 0 spiro atoms. The topological polar surface area (TPSA) is 110 Å². The van der Waals surface area contributed by atoms with Crippen molar-refractivity contribution in [1.82, 2.24) is 0 Å². The first-order valence-electron chi connectivity index (χ1n) is 1.82. The molecule has 0 bridgehead atoms. The molecule has 0 amide bonds. The van der Waals surface area contributed by atoms with Crippen LogP contribution < -0.4 is 98.9 Å². The van der Waals surface area contributed by atoms with Gasteiger partial charge in [0.1, 0.15) is 0 Å². The third kappa shape index (κ3) is 392. The summed E-state index contributed by atoms with van der Waals surface area (Å²) in [6, 6.07) is 0.